The van der Waals surface area contributed by atoms with Crippen LogP contribution in [-0.2, 0) is 29.4 Å². The minimum Gasteiger partial charge on any atom is -0.480 e. The van der Waals surface area contributed by atoms with Gasteiger partial charge in [0.05, 0.1) is 13.2 Å². The van der Waals surface area contributed by atoms with E-state index in [2.05, 4.69) is 31.0 Å². The lowest BCUT2D eigenvalue weighted by Gasteiger charge is -2.23. The van der Waals surface area contributed by atoms with Crippen molar-refractivity contribution >= 4 is 25.4 Å². The summed E-state index contributed by atoms with van der Waals surface area (Å²) in [5.41, 5.74) is 0.805. The lowest BCUT2D eigenvalue weighted by molar-refractivity contribution is -0.141. The van der Waals surface area contributed by atoms with Gasteiger partial charge in [-0.1, -0.05) is 26.0 Å². The number of carboxylic acids is 1. The van der Waals surface area contributed by atoms with Gasteiger partial charge in [0.1, 0.15) is 18.2 Å². The van der Waals surface area contributed by atoms with Crippen LogP contribution in [0.25, 0.3) is 11.4 Å². The third-order valence-corrected chi connectivity index (χ3v) is 6.85. The van der Waals surface area contributed by atoms with Crippen molar-refractivity contribution in [2.45, 2.75) is 52.9 Å². The van der Waals surface area contributed by atoms with E-state index in [0.717, 1.165) is 0 Å². The first-order valence-electron chi connectivity index (χ1n) is 11.4. The zero-order chi connectivity index (χ0) is 26.9. The van der Waals surface area contributed by atoms with Gasteiger partial charge >= 0.3 is 13.6 Å². The summed E-state index contributed by atoms with van der Waals surface area (Å²) in [6.45, 7) is 8.64. The van der Waals surface area contributed by atoms with Crippen molar-refractivity contribution in [3.63, 3.8) is 0 Å². The van der Waals surface area contributed by atoms with Crippen molar-refractivity contribution in [3.05, 3.63) is 35.7 Å². The van der Waals surface area contributed by atoms with Crippen molar-refractivity contribution < 1.29 is 33.1 Å². The molecule has 0 aliphatic rings. The summed E-state index contributed by atoms with van der Waals surface area (Å²) >= 11 is 0. The molecule has 0 saturated carbocycles. The molecule has 13 nitrogen and oxygen atoms in total. The monoisotopic (exact) mass is 522 g/mol. The molecule has 1 aromatic carbocycles. The largest absolute Gasteiger partial charge is 0.480 e. The van der Waals surface area contributed by atoms with E-state index in [1.165, 1.54) is 19.1 Å². The van der Waals surface area contributed by atoms with Gasteiger partial charge in [-0.25, -0.2) is 0 Å². The molecule has 3 N–H and O–H groups in total. The van der Waals surface area contributed by atoms with Gasteiger partial charge in [-0.05, 0) is 38.8 Å². The third-order valence-electron chi connectivity index (χ3n) is 4.88. The number of carbonyl (C=O) groups is 3. The number of hydrogen-bond donors (Lipinski definition) is 3. The number of aliphatic carboxylic acids is 1. The number of rotatable bonds is 13. The highest BCUT2D eigenvalue weighted by Gasteiger charge is 2.28. The average Bonchev–Trinajstić information content (AvgIpc) is 2.82. The number of carboxylic acid groups (broad SMARTS) is 1. The Morgan fingerprint density at radius 3 is 1.97 bits per heavy atom. The van der Waals surface area contributed by atoms with Crippen LogP contribution < -0.4 is 10.6 Å². The molecule has 2 atom stereocenters. The second kappa shape index (κ2) is 13.1. The number of nitrogens with one attached hydrogen (secondary N) is 2. The maximum absolute atomic E-state index is 12.7. The third kappa shape index (κ3) is 8.14. The molecule has 0 bridgehead atoms. The molecule has 14 heteroatoms. The van der Waals surface area contributed by atoms with E-state index in [0.29, 0.717) is 5.56 Å². The summed E-state index contributed by atoms with van der Waals surface area (Å²) < 4.78 is 23.1. The average molecular weight is 522 g/mol. The predicted molar refractivity (Wildman–Crippen MR) is 129 cm³/mol. The minimum atomic E-state index is -3.39. The van der Waals surface area contributed by atoms with E-state index < -0.39 is 37.5 Å². The Balaban J connectivity index is 2.09. The maximum Gasteiger partial charge on any atom is 0.338 e. The topological polar surface area (TPSA) is 183 Å². The molecule has 36 heavy (non-hydrogen) atoms. The molecule has 0 fully saturated rings. The maximum atomic E-state index is 12.7. The normalized spacial score (nSPS) is 13.2. The first kappa shape index (κ1) is 29.0. The van der Waals surface area contributed by atoms with Crippen LogP contribution >= 0.6 is 7.60 Å². The Kier molecular flexibility index (Phi) is 10.6. The van der Waals surface area contributed by atoms with E-state index in [1.807, 2.05) is 0 Å². The fourth-order valence-corrected chi connectivity index (χ4v) is 4.54. The number of aromatic nitrogens is 4. The molecular weight excluding hydrogens is 491 g/mol. The van der Waals surface area contributed by atoms with Gasteiger partial charge in [0.25, 0.3) is 5.91 Å². The lowest BCUT2D eigenvalue weighted by atomic mass is 10.0. The van der Waals surface area contributed by atoms with Gasteiger partial charge in [-0.3, -0.25) is 18.9 Å². The van der Waals surface area contributed by atoms with Crippen LogP contribution in [-0.4, -0.2) is 68.6 Å². The summed E-state index contributed by atoms with van der Waals surface area (Å²) in [6.07, 6.45) is -0.163. The van der Waals surface area contributed by atoms with Crippen LogP contribution in [0.5, 0.6) is 0 Å². The van der Waals surface area contributed by atoms with Crippen molar-refractivity contribution in [3.8, 4) is 11.4 Å². The van der Waals surface area contributed by atoms with E-state index in [-0.39, 0.29) is 42.5 Å². The molecule has 0 aliphatic carbocycles. The molecule has 0 spiro atoms. The molecule has 2 aromatic rings. The predicted octanol–water partition coefficient (Wildman–Crippen LogP) is 2.04. The van der Waals surface area contributed by atoms with Gasteiger partial charge in [-0.2, -0.15) is 0 Å². The smallest absolute Gasteiger partial charge is 0.338 e. The molecule has 2 rings (SSSR count). The van der Waals surface area contributed by atoms with E-state index in [4.69, 9.17) is 14.2 Å². The van der Waals surface area contributed by atoms with E-state index >= 15 is 0 Å². The summed E-state index contributed by atoms with van der Waals surface area (Å²) in [4.78, 5) is 36.1. The molecule has 1 aromatic heterocycles. The van der Waals surface area contributed by atoms with Gasteiger partial charge in [0, 0.05) is 11.1 Å². The van der Waals surface area contributed by atoms with Crippen molar-refractivity contribution in [1.82, 2.24) is 31.0 Å². The van der Waals surface area contributed by atoms with Gasteiger partial charge in [0.2, 0.25) is 11.7 Å². The lowest BCUT2D eigenvalue weighted by Crippen LogP contribution is -2.53. The van der Waals surface area contributed by atoms with Crippen LogP contribution in [0.4, 0.5) is 0 Å². The van der Waals surface area contributed by atoms with E-state index in [1.54, 1.807) is 39.8 Å². The Morgan fingerprint density at radius 1 is 0.944 bits per heavy atom. The highest BCUT2D eigenvalue weighted by atomic mass is 31.2. The number of amides is 2. The fraction of sp³-hybridized carbons (Fsp3) is 0.500. The number of nitrogens with zero attached hydrogens (tertiary/aromatic N) is 4. The number of carbonyl (C=O) groups excluding carboxylic acids is 2. The first-order valence-corrected chi connectivity index (χ1v) is 13.1. The zero-order valence-corrected chi connectivity index (χ0v) is 21.7. The second-order valence-corrected chi connectivity index (χ2v) is 10.1. The molecule has 1 heterocycles. The summed E-state index contributed by atoms with van der Waals surface area (Å²) in [5.74, 6) is -2.25. The molecule has 2 amide bonds. The van der Waals surface area contributed by atoms with Gasteiger partial charge in [-0.15, -0.1) is 20.4 Å². The Morgan fingerprint density at radius 2 is 1.50 bits per heavy atom. The first-order chi connectivity index (χ1) is 17.0. The SMILES string of the molecule is CCOP(=O)(Cc1nnc(-c2ccc(C(=O)N[C@H](C(=O)N[C@@H](C)C(=O)O)C(C)C)cc2)nn1)OCC. The Hall–Kier alpha value is -3.28. The van der Waals surface area contributed by atoms with Crippen molar-refractivity contribution in [2.75, 3.05) is 13.2 Å². The highest BCUT2D eigenvalue weighted by Crippen LogP contribution is 2.50. The Labute approximate surface area is 208 Å². The summed E-state index contributed by atoms with van der Waals surface area (Å²) in [6, 6.07) is 4.22. The van der Waals surface area contributed by atoms with Crippen LogP contribution in [0, 0.1) is 5.92 Å². The molecule has 0 radical (unpaired) electrons. The van der Waals surface area contributed by atoms with Crippen molar-refractivity contribution in [2.24, 2.45) is 5.92 Å². The number of benzene rings is 1. The van der Waals surface area contributed by atoms with Gasteiger partial charge in [0.15, 0.2) is 5.82 Å². The molecule has 0 aliphatic heterocycles. The van der Waals surface area contributed by atoms with Crippen LogP contribution in [0.2, 0.25) is 0 Å². The van der Waals surface area contributed by atoms with Gasteiger partial charge < -0.3 is 24.8 Å². The molecule has 196 valence electrons. The van der Waals surface area contributed by atoms with Crippen LogP contribution in [0.3, 0.4) is 0 Å². The summed E-state index contributed by atoms with van der Waals surface area (Å²) in [5, 5.41) is 29.9. The summed E-state index contributed by atoms with van der Waals surface area (Å²) in [7, 11) is -3.39. The van der Waals surface area contributed by atoms with E-state index in [9.17, 15) is 18.9 Å². The fourth-order valence-electron chi connectivity index (χ4n) is 3.02. The zero-order valence-electron chi connectivity index (χ0n) is 20.8. The standard InChI is InChI=1S/C22H31N6O7P/c1-6-34-36(33,35-7-2)12-17-25-27-19(28-26-17)15-8-10-16(11-9-15)20(29)24-18(13(3)4)21(30)23-14(5)22(31)32/h8-11,13-14,18H,6-7,12H2,1-5H3,(H,23,30)(H,24,29)(H,31,32)/t14-,18-/m0/s1. The minimum absolute atomic E-state index is 0.107. The molecular formula is C22H31N6O7P. The Bertz CT molecular complexity index is 1090. The molecule has 0 saturated heterocycles. The molecule has 0 unspecified atom stereocenters. The second-order valence-electron chi connectivity index (χ2n) is 8.09. The van der Waals surface area contributed by atoms with Crippen molar-refractivity contribution in [1.29, 1.82) is 0 Å². The van der Waals surface area contributed by atoms with Crippen LogP contribution in [0.1, 0.15) is 50.8 Å². The quantitative estimate of drug-likeness (QED) is 0.327. The van der Waals surface area contributed by atoms with Crippen LogP contribution in [0.15, 0.2) is 24.3 Å². The number of hydrogen-bond acceptors (Lipinski definition) is 10. The highest BCUT2D eigenvalue weighted by molar-refractivity contribution is 7.53.